The number of hydrogen-bond acceptors (Lipinski definition) is 4. The molecule has 0 radical (unpaired) electrons. The van der Waals surface area contributed by atoms with Crippen LogP contribution >= 0.6 is 0 Å². The molecule has 1 N–H and O–H groups in total. The molecule has 0 aliphatic rings. The summed E-state index contributed by atoms with van der Waals surface area (Å²) in [5.41, 5.74) is 2.17. The van der Waals surface area contributed by atoms with Gasteiger partial charge in [-0.1, -0.05) is 36.8 Å². The van der Waals surface area contributed by atoms with Crippen LogP contribution in [0.25, 0.3) is 0 Å². The maximum atomic E-state index is 13.1. The van der Waals surface area contributed by atoms with Crippen molar-refractivity contribution in [2.45, 2.75) is 52.6 Å². The Morgan fingerprint density at radius 2 is 1.65 bits per heavy atom. The number of benzene rings is 2. The van der Waals surface area contributed by atoms with E-state index in [1.807, 2.05) is 69.3 Å². The molecule has 2 aromatic rings. The van der Waals surface area contributed by atoms with Crippen LogP contribution in [-0.2, 0) is 16.1 Å². The molecule has 2 rings (SSSR count). The number of hydrogen-bond donors (Lipinski definition) is 1. The van der Waals surface area contributed by atoms with Gasteiger partial charge in [-0.15, -0.1) is 0 Å². The van der Waals surface area contributed by atoms with Gasteiger partial charge in [0.25, 0.3) is 0 Å². The lowest BCUT2D eigenvalue weighted by Crippen LogP contribution is -2.49. The molecule has 0 saturated carbocycles. The van der Waals surface area contributed by atoms with Gasteiger partial charge in [-0.05, 0) is 56.5 Å². The summed E-state index contributed by atoms with van der Waals surface area (Å²) in [7, 11) is 1.62. The molecule has 2 amide bonds. The second-order valence-electron chi connectivity index (χ2n) is 7.45. The third kappa shape index (κ3) is 7.63. The lowest BCUT2D eigenvalue weighted by atomic mass is 10.1. The van der Waals surface area contributed by atoms with Gasteiger partial charge in [0.15, 0.2) is 0 Å². The standard InChI is InChI=1S/C25H34N2O4/c1-5-23(25(29)26-6-2)27(18-20-11-9-19(3)10-12-20)24(28)8-7-17-31-22-15-13-21(30-4)14-16-22/h9-16,23H,5-8,17-18H2,1-4H3,(H,26,29). The Morgan fingerprint density at radius 1 is 1.00 bits per heavy atom. The molecule has 1 atom stereocenters. The van der Waals surface area contributed by atoms with Crippen molar-refractivity contribution in [1.29, 1.82) is 0 Å². The number of likely N-dealkylation sites (N-methyl/N-ethyl adjacent to an activating group) is 1. The zero-order valence-electron chi connectivity index (χ0n) is 19.0. The zero-order chi connectivity index (χ0) is 22.6. The molecule has 0 fully saturated rings. The molecule has 0 spiro atoms. The maximum absolute atomic E-state index is 13.1. The number of methoxy groups -OCH3 is 1. The van der Waals surface area contributed by atoms with E-state index < -0.39 is 6.04 Å². The fourth-order valence-corrected chi connectivity index (χ4v) is 3.33. The summed E-state index contributed by atoms with van der Waals surface area (Å²) < 4.78 is 10.9. The van der Waals surface area contributed by atoms with E-state index in [0.29, 0.717) is 39.0 Å². The van der Waals surface area contributed by atoms with Crippen LogP contribution in [0, 0.1) is 6.92 Å². The Hall–Kier alpha value is -3.02. The predicted molar refractivity (Wildman–Crippen MR) is 122 cm³/mol. The van der Waals surface area contributed by atoms with E-state index in [1.54, 1.807) is 12.0 Å². The summed E-state index contributed by atoms with van der Waals surface area (Å²) in [6.07, 6.45) is 1.45. The number of rotatable bonds is 12. The molecule has 6 heteroatoms. The average molecular weight is 427 g/mol. The topological polar surface area (TPSA) is 67.9 Å². The quantitative estimate of drug-likeness (QED) is 0.519. The number of carbonyl (C=O) groups excluding carboxylic acids is 2. The smallest absolute Gasteiger partial charge is 0.242 e. The van der Waals surface area contributed by atoms with Crippen molar-refractivity contribution >= 4 is 11.8 Å². The first-order valence-electron chi connectivity index (χ1n) is 10.9. The molecule has 1 unspecified atom stereocenters. The summed E-state index contributed by atoms with van der Waals surface area (Å²) in [5.74, 6) is 1.35. The summed E-state index contributed by atoms with van der Waals surface area (Å²) >= 11 is 0. The normalized spacial score (nSPS) is 11.5. The van der Waals surface area contributed by atoms with Gasteiger partial charge in [0.1, 0.15) is 17.5 Å². The summed E-state index contributed by atoms with van der Waals surface area (Å²) in [4.78, 5) is 27.4. The Bertz CT molecular complexity index is 818. The lowest BCUT2D eigenvalue weighted by Gasteiger charge is -2.30. The number of amides is 2. The molecule has 168 valence electrons. The van der Waals surface area contributed by atoms with E-state index in [2.05, 4.69) is 5.32 Å². The van der Waals surface area contributed by atoms with Crippen LogP contribution < -0.4 is 14.8 Å². The zero-order valence-corrected chi connectivity index (χ0v) is 19.0. The molecule has 0 aromatic heterocycles. The molecular formula is C25H34N2O4. The summed E-state index contributed by atoms with van der Waals surface area (Å²) in [5, 5.41) is 2.86. The van der Waals surface area contributed by atoms with Crippen molar-refractivity contribution in [3.63, 3.8) is 0 Å². The second-order valence-corrected chi connectivity index (χ2v) is 7.45. The molecule has 0 aliphatic carbocycles. The Labute approximate surface area is 185 Å². The van der Waals surface area contributed by atoms with Gasteiger partial charge in [-0.2, -0.15) is 0 Å². The van der Waals surface area contributed by atoms with Gasteiger partial charge < -0.3 is 19.7 Å². The van der Waals surface area contributed by atoms with E-state index >= 15 is 0 Å². The van der Waals surface area contributed by atoms with Crippen LogP contribution in [0.2, 0.25) is 0 Å². The second kappa shape index (κ2) is 12.6. The van der Waals surface area contributed by atoms with Gasteiger partial charge in [-0.3, -0.25) is 9.59 Å². The first-order valence-corrected chi connectivity index (χ1v) is 10.9. The van der Waals surface area contributed by atoms with Gasteiger partial charge in [0.05, 0.1) is 13.7 Å². The van der Waals surface area contributed by atoms with Crippen LogP contribution in [0.5, 0.6) is 11.5 Å². The van der Waals surface area contributed by atoms with Gasteiger partial charge in [0, 0.05) is 19.5 Å². The highest BCUT2D eigenvalue weighted by Crippen LogP contribution is 2.18. The SMILES string of the molecule is CCNC(=O)C(CC)N(Cc1ccc(C)cc1)C(=O)CCCOc1ccc(OC)cc1. The Morgan fingerprint density at radius 3 is 2.23 bits per heavy atom. The van der Waals surface area contributed by atoms with E-state index in [-0.39, 0.29) is 11.8 Å². The summed E-state index contributed by atoms with van der Waals surface area (Å²) in [6, 6.07) is 14.9. The van der Waals surface area contributed by atoms with Crippen molar-refractivity contribution in [3.8, 4) is 11.5 Å². The largest absolute Gasteiger partial charge is 0.497 e. The van der Waals surface area contributed by atoms with Crippen LogP contribution in [0.4, 0.5) is 0 Å². The summed E-state index contributed by atoms with van der Waals surface area (Å²) in [6.45, 7) is 7.22. The number of carbonyl (C=O) groups is 2. The van der Waals surface area contributed by atoms with E-state index in [1.165, 1.54) is 0 Å². The number of nitrogens with zero attached hydrogens (tertiary/aromatic N) is 1. The highest BCUT2D eigenvalue weighted by molar-refractivity contribution is 5.87. The number of nitrogens with one attached hydrogen (secondary N) is 1. The fraction of sp³-hybridized carbons (Fsp3) is 0.440. The van der Waals surface area contributed by atoms with Crippen LogP contribution in [0.1, 0.15) is 44.2 Å². The van der Waals surface area contributed by atoms with Crippen LogP contribution in [0.15, 0.2) is 48.5 Å². The van der Waals surface area contributed by atoms with Crippen molar-refractivity contribution in [3.05, 3.63) is 59.7 Å². The fourth-order valence-electron chi connectivity index (χ4n) is 3.33. The van der Waals surface area contributed by atoms with Gasteiger partial charge in [0.2, 0.25) is 11.8 Å². The van der Waals surface area contributed by atoms with E-state index in [9.17, 15) is 9.59 Å². The van der Waals surface area contributed by atoms with Crippen molar-refractivity contribution in [1.82, 2.24) is 10.2 Å². The Kier molecular flexibility index (Phi) is 9.88. The lowest BCUT2D eigenvalue weighted by molar-refractivity contribution is -0.141. The molecule has 0 aliphatic heterocycles. The first-order chi connectivity index (χ1) is 15.0. The van der Waals surface area contributed by atoms with Crippen molar-refractivity contribution < 1.29 is 19.1 Å². The third-order valence-corrected chi connectivity index (χ3v) is 5.07. The van der Waals surface area contributed by atoms with Gasteiger partial charge >= 0.3 is 0 Å². The van der Waals surface area contributed by atoms with Crippen LogP contribution in [-0.4, -0.2) is 43.0 Å². The molecule has 0 bridgehead atoms. The molecule has 6 nitrogen and oxygen atoms in total. The minimum atomic E-state index is -0.490. The number of ether oxygens (including phenoxy) is 2. The minimum absolute atomic E-state index is 0.0444. The molecule has 2 aromatic carbocycles. The van der Waals surface area contributed by atoms with E-state index in [4.69, 9.17) is 9.47 Å². The van der Waals surface area contributed by atoms with E-state index in [0.717, 1.165) is 22.6 Å². The average Bonchev–Trinajstić information content (AvgIpc) is 2.78. The molecule has 0 saturated heterocycles. The van der Waals surface area contributed by atoms with Crippen molar-refractivity contribution in [2.75, 3.05) is 20.3 Å². The molecule has 0 heterocycles. The predicted octanol–water partition coefficient (Wildman–Crippen LogP) is 4.11. The monoisotopic (exact) mass is 426 g/mol. The first kappa shape index (κ1) is 24.3. The minimum Gasteiger partial charge on any atom is -0.497 e. The van der Waals surface area contributed by atoms with Crippen molar-refractivity contribution in [2.24, 2.45) is 0 Å². The highest BCUT2D eigenvalue weighted by atomic mass is 16.5. The highest BCUT2D eigenvalue weighted by Gasteiger charge is 2.27. The number of aryl methyl sites for hydroxylation is 1. The third-order valence-electron chi connectivity index (χ3n) is 5.07. The molecule has 31 heavy (non-hydrogen) atoms. The van der Waals surface area contributed by atoms with Crippen LogP contribution in [0.3, 0.4) is 0 Å². The Balaban J connectivity index is 2.00. The van der Waals surface area contributed by atoms with Gasteiger partial charge in [-0.25, -0.2) is 0 Å². The maximum Gasteiger partial charge on any atom is 0.242 e. The molecular weight excluding hydrogens is 392 g/mol.